The molecule has 0 heterocycles. The third kappa shape index (κ3) is 5.90. The fourth-order valence-electron chi connectivity index (χ4n) is 0.390. The summed E-state index contributed by atoms with van der Waals surface area (Å²) in [5.74, 6) is 0.941. The molecule has 0 spiro atoms. The van der Waals surface area contributed by atoms with E-state index in [9.17, 15) is 4.79 Å². The van der Waals surface area contributed by atoms with Gasteiger partial charge in [-0.3, -0.25) is 4.79 Å². The minimum atomic E-state index is 0.295. The van der Waals surface area contributed by atoms with Gasteiger partial charge in [0.25, 0.3) is 0 Å². The minimum absolute atomic E-state index is 0.295. The molecular formula is C7H13OS. The van der Waals surface area contributed by atoms with E-state index in [1.165, 1.54) is 11.8 Å². The molecule has 0 N–H and O–H groups in total. The van der Waals surface area contributed by atoms with Gasteiger partial charge in [0.15, 0.2) is 5.12 Å². The predicted octanol–water partition coefficient (Wildman–Crippen LogP) is 2.27. The van der Waals surface area contributed by atoms with Crippen LogP contribution in [0.1, 0.15) is 26.2 Å². The molecule has 0 rings (SSSR count). The molecule has 0 amide bonds. The van der Waals surface area contributed by atoms with Crippen molar-refractivity contribution in [2.24, 2.45) is 0 Å². The fraction of sp³-hybridized carbons (Fsp3) is 0.714. The highest BCUT2D eigenvalue weighted by Crippen LogP contribution is 2.07. The first-order valence-electron chi connectivity index (χ1n) is 3.26. The number of carbonyl (C=O) groups excluding carboxylic acids is 1. The molecule has 2 heteroatoms. The molecule has 0 aliphatic carbocycles. The van der Waals surface area contributed by atoms with Gasteiger partial charge in [-0.05, 0) is 6.42 Å². The topological polar surface area (TPSA) is 17.1 Å². The van der Waals surface area contributed by atoms with Crippen LogP contribution in [0.3, 0.4) is 0 Å². The molecule has 0 unspecified atom stereocenters. The molecule has 0 saturated heterocycles. The Morgan fingerprint density at radius 1 is 1.67 bits per heavy atom. The average molecular weight is 145 g/mol. The SMILES string of the molecule is [CH2]CCCSC(=O)CC. The van der Waals surface area contributed by atoms with E-state index < -0.39 is 0 Å². The molecule has 0 aliphatic heterocycles. The highest BCUT2D eigenvalue weighted by Gasteiger charge is 1.95. The molecule has 0 atom stereocenters. The molecule has 1 radical (unpaired) electrons. The molecule has 0 aromatic rings. The largest absolute Gasteiger partial charge is 0.287 e. The third-order valence-corrected chi connectivity index (χ3v) is 2.05. The summed E-state index contributed by atoms with van der Waals surface area (Å²) in [7, 11) is 0. The van der Waals surface area contributed by atoms with Crippen molar-refractivity contribution in [1.82, 2.24) is 0 Å². The Labute approximate surface area is 61.2 Å². The summed E-state index contributed by atoms with van der Waals surface area (Å²) >= 11 is 1.42. The molecule has 0 bridgehead atoms. The van der Waals surface area contributed by atoms with Crippen molar-refractivity contribution in [1.29, 1.82) is 0 Å². The van der Waals surface area contributed by atoms with Crippen LogP contribution in [0, 0.1) is 6.92 Å². The third-order valence-electron chi connectivity index (χ3n) is 0.946. The number of unbranched alkanes of at least 4 members (excludes halogenated alkanes) is 1. The van der Waals surface area contributed by atoms with Gasteiger partial charge in [0, 0.05) is 12.2 Å². The van der Waals surface area contributed by atoms with Crippen LogP contribution in [-0.2, 0) is 4.79 Å². The summed E-state index contributed by atoms with van der Waals surface area (Å²) in [6.45, 7) is 5.57. The van der Waals surface area contributed by atoms with Crippen LogP contribution in [0.15, 0.2) is 0 Å². The summed E-state index contributed by atoms with van der Waals surface area (Å²) in [5, 5.41) is 0.295. The normalized spacial score (nSPS) is 9.56. The van der Waals surface area contributed by atoms with Crippen LogP contribution in [0.2, 0.25) is 0 Å². The minimum Gasteiger partial charge on any atom is -0.287 e. The first kappa shape index (κ1) is 9.02. The summed E-state index contributed by atoms with van der Waals surface area (Å²) in [5.41, 5.74) is 0. The van der Waals surface area contributed by atoms with Crippen molar-refractivity contribution in [3.8, 4) is 0 Å². The van der Waals surface area contributed by atoms with Crippen molar-refractivity contribution >= 4 is 16.9 Å². The van der Waals surface area contributed by atoms with E-state index in [-0.39, 0.29) is 0 Å². The van der Waals surface area contributed by atoms with Crippen LogP contribution < -0.4 is 0 Å². The zero-order valence-corrected chi connectivity index (χ0v) is 6.67. The lowest BCUT2D eigenvalue weighted by Crippen LogP contribution is -1.89. The van der Waals surface area contributed by atoms with Gasteiger partial charge in [-0.15, -0.1) is 0 Å². The van der Waals surface area contributed by atoms with Crippen LogP contribution in [0.4, 0.5) is 0 Å². The van der Waals surface area contributed by atoms with Gasteiger partial charge in [-0.1, -0.05) is 32.0 Å². The Morgan fingerprint density at radius 3 is 2.78 bits per heavy atom. The second kappa shape index (κ2) is 6.14. The Morgan fingerprint density at radius 2 is 2.33 bits per heavy atom. The molecule has 0 fully saturated rings. The van der Waals surface area contributed by atoms with Gasteiger partial charge in [-0.2, -0.15) is 0 Å². The Hall–Kier alpha value is 0.0200. The number of carbonyl (C=O) groups is 1. The van der Waals surface area contributed by atoms with Gasteiger partial charge in [-0.25, -0.2) is 0 Å². The quantitative estimate of drug-likeness (QED) is 0.564. The van der Waals surface area contributed by atoms with Gasteiger partial charge < -0.3 is 0 Å². The van der Waals surface area contributed by atoms with E-state index >= 15 is 0 Å². The summed E-state index contributed by atoms with van der Waals surface area (Å²) in [6, 6.07) is 0. The molecule has 53 valence electrons. The van der Waals surface area contributed by atoms with Crippen molar-refractivity contribution in [3.05, 3.63) is 6.92 Å². The van der Waals surface area contributed by atoms with Gasteiger partial charge >= 0.3 is 0 Å². The maximum atomic E-state index is 10.6. The molecule has 1 nitrogen and oxygen atoms in total. The monoisotopic (exact) mass is 145 g/mol. The molecule has 9 heavy (non-hydrogen) atoms. The van der Waals surface area contributed by atoms with Crippen LogP contribution in [0.5, 0.6) is 0 Å². The van der Waals surface area contributed by atoms with E-state index in [2.05, 4.69) is 6.92 Å². The number of thioether (sulfide) groups is 1. The van der Waals surface area contributed by atoms with Crippen molar-refractivity contribution in [2.75, 3.05) is 5.75 Å². The lowest BCUT2D eigenvalue weighted by molar-refractivity contribution is -0.110. The van der Waals surface area contributed by atoms with Crippen LogP contribution >= 0.6 is 11.8 Å². The van der Waals surface area contributed by atoms with E-state index in [0.29, 0.717) is 11.5 Å². The smallest absolute Gasteiger partial charge is 0.188 e. The van der Waals surface area contributed by atoms with E-state index in [1.54, 1.807) is 0 Å². The highest BCUT2D eigenvalue weighted by atomic mass is 32.2. The summed E-state index contributed by atoms with van der Waals surface area (Å²) in [6.07, 6.45) is 2.64. The zero-order valence-electron chi connectivity index (χ0n) is 5.85. The van der Waals surface area contributed by atoms with E-state index in [0.717, 1.165) is 18.6 Å². The van der Waals surface area contributed by atoms with Crippen molar-refractivity contribution in [2.45, 2.75) is 26.2 Å². The first-order chi connectivity index (χ1) is 4.31. The molecule has 0 saturated carbocycles. The molecular weight excluding hydrogens is 132 g/mol. The molecule has 0 aromatic heterocycles. The van der Waals surface area contributed by atoms with E-state index in [1.807, 2.05) is 6.92 Å². The second-order valence-electron chi connectivity index (χ2n) is 1.78. The van der Waals surface area contributed by atoms with Crippen molar-refractivity contribution in [3.63, 3.8) is 0 Å². The van der Waals surface area contributed by atoms with Crippen LogP contribution in [-0.4, -0.2) is 10.9 Å². The van der Waals surface area contributed by atoms with Gasteiger partial charge in [0.2, 0.25) is 0 Å². The Kier molecular flexibility index (Phi) is 6.16. The molecule has 0 aromatic carbocycles. The van der Waals surface area contributed by atoms with Crippen molar-refractivity contribution < 1.29 is 4.79 Å². The molecule has 0 aliphatic rings. The standard InChI is InChI=1S/C7H13OS/c1-3-5-6-9-7(8)4-2/h1,3-6H2,2H3. The first-order valence-corrected chi connectivity index (χ1v) is 4.24. The fourth-order valence-corrected chi connectivity index (χ4v) is 1.17. The summed E-state index contributed by atoms with van der Waals surface area (Å²) < 4.78 is 0. The lowest BCUT2D eigenvalue weighted by atomic mass is 10.4. The Bertz CT molecular complexity index is 81.0. The highest BCUT2D eigenvalue weighted by molar-refractivity contribution is 8.13. The number of hydrogen-bond acceptors (Lipinski definition) is 2. The maximum Gasteiger partial charge on any atom is 0.188 e. The maximum absolute atomic E-state index is 10.6. The average Bonchev–Trinajstić information content (AvgIpc) is 1.89. The second-order valence-corrected chi connectivity index (χ2v) is 2.93. The van der Waals surface area contributed by atoms with E-state index in [4.69, 9.17) is 0 Å². The number of rotatable bonds is 4. The van der Waals surface area contributed by atoms with Gasteiger partial charge in [0.1, 0.15) is 0 Å². The zero-order chi connectivity index (χ0) is 7.11. The Balaban J connectivity index is 2.97. The lowest BCUT2D eigenvalue weighted by Gasteiger charge is -1.93. The van der Waals surface area contributed by atoms with Gasteiger partial charge in [0.05, 0.1) is 0 Å². The predicted molar refractivity (Wildman–Crippen MR) is 42.3 cm³/mol. The number of hydrogen-bond donors (Lipinski definition) is 0. The summed E-state index contributed by atoms with van der Waals surface area (Å²) in [4.78, 5) is 10.6. The van der Waals surface area contributed by atoms with Crippen LogP contribution in [0.25, 0.3) is 0 Å².